The van der Waals surface area contributed by atoms with E-state index < -0.39 is 24.0 Å². The molecule has 0 amide bonds. The van der Waals surface area contributed by atoms with Gasteiger partial charge in [0.1, 0.15) is 30.2 Å². The van der Waals surface area contributed by atoms with E-state index in [0.29, 0.717) is 11.2 Å². The lowest BCUT2D eigenvalue weighted by Gasteiger charge is -2.35. The summed E-state index contributed by atoms with van der Waals surface area (Å²) in [6.07, 6.45) is 2.52. The van der Waals surface area contributed by atoms with Gasteiger partial charge in [-0.15, -0.1) is 0 Å². The predicted molar refractivity (Wildman–Crippen MR) is 79.2 cm³/mol. The van der Waals surface area contributed by atoms with E-state index in [-0.39, 0.29) is 18.3 Å². The topological polar surface area (TPSA) is 129 Å². The van der Waals surface area contributed by atoms with E-state index in [1.54, 1.807) is 10.9 Å². The lowest BCUT2D eigenvalue weighted by Crippen LogP contribution is -2.48. The first-order valence-electron chi connectivity index (χ1n) is 7.57. The van der Waals surface area contributed by atoms with Crippen molar-refractivity contribution in [1.82, 2.24) is 19.5 Å². The molecule has 23 heavy (non-hydrogen) atoms. The number of imidazole rings is 1. The Labute approximate surface area is 132 Å². The first kappa shape index (κ1) is 14.8. The molecule has 4 atom stereocenters. The maximum atomic E-state index is 10.5. The number of aliphatic hydroxyl groups excluding tert-OH is 2. The Morgan fingerprint density at radius 3 is 2.87 bits per heavy atom. The summed E-state index contributed by atoms with van der Waals surface area (Å²) in [5.41, 5.74) is 5.91. The van der Waals surface area contributed by atoms with Gasteiger partial charge in [0.25, 0.3) is 0 Å². The summed E-state index contributed by atoms with van der Waals surface area (Å²) in [5, 5.41) is 20.0. The van der Waals surface area contributed by atoms with Crippen LogP contribution in [0, 0.1) is 5.92 Å². The zero-order valence-electron chi connectivity index (χ0n) is 12.7. The van der Waals surface area contributed by atoms with E-state index in [2.05, 4.69) is 15.0 Å². The highest BCUT2D eigenvalue weighted by molar-refractivity contribution is 5.81. The van der Waals surface area contributed by atoms with E-state index >= 15 is 0 Å². The molecule has 2 aromatic rings. The molecule has 9 nitrogen and oxygen atoms in total. The van der Waals surface area contributed by atoms with Crippen molar-refractivity contribution in [3.05, 3.63) is 12.7 Å². The Balaban J connectivity index is 1.92. The van der Waals surface area contributed by atoms with E-state index in [4.69, 9.17) is 15.2 Å². The van der Waals surface area contributed by atoms with E-state index in [1.807, 2.05) is 0 Å². The fraction of sp³-hybridized carbons (Fsp3) is 0.643. The zero-order chi connectivity index (χ0) is 16.2. The number of ether oxygens (including phenoxy) is 2. The molecule has 9 heteroatoms. The molecule has 0 bridgehead atoms. The van der Waals surface area contributed by atoms with Gasteiger partial charge >= 0.3 is 0 Å². The van der Waals surface area contributed by atoms with Crippen LogP contribution in [0.3, 0.4) is 0 Å². The number of hydrogen-bond donors (Lipinski definition) is 3. The van der Waals surface area contributed by atoms with Crippen LogP contribution >= 0.6 is 0 Å². The number of anilines is 1. The molecule has 0 spiro atoms. The summed E-state index contributed by atoms with van der Waals surface area (Å²) >= 11 is 0. The zero-order valence-corrected chi connectivity index (χ0v) is 12.7. The number of rotatable bonds is 4. The second-order valence-corrected chi connectivity index (χ2v) is 6.06. The van der Waals surface area contributed by atoms with Crippen molar-refractivity contribution >= 4 is 17.0 Å². The van der Waals surface area contributed by atoms with Gasteiger partial charge in [-0.1, -0.05) is 0 Å². The van der Waals surface area contributed by atoms with Crippen molar-refractivity contribution in [3.8, 4) is 0 Å². The molecule has 3 heterocycles. The molecule has 124 valence electrons. The standard InChI is InChI=1S/C14H19N5O4/c1-22-11-10(21)8(4-20)23-14(11,7-2-3-7)19-6-18-9-12(15)16-5-17-13(9)19/h5-8,10-11,20-21H,2-4H2,1H3,(H2,15,16,17)/t8-,10-,11-,14-/m1/s1. The van der Waals surface area contributed by atoms with E-state index in [1.165, 1.54) is 13.4 Å². The Morgan fingerprint density at radius 1 is 1.43 bits per heavy atom. The van der Waals surface area contributed by atoms with Gasteiger partial charge in [-0.2, -0.15) is 0 Å². The van der Waals surface area contributed by atoms with Crippen LogP contribution in [0.5, 0.6) is 0 Å². The minimum Gasteiger partial charge on any atom is -0.394 e. The number of nitrogens with two attached hydrogens (primary N) is 1. The van der Waals surface area contributed by atoms with Crippen LogP contribution in [0.2, 0.25) is 0 Å². The molecule has 2 aliphatic rings. The molecule has 4 rings (SSSR count). The molecule has 2 fully saturated rings. The number of fused-ring (bicyclic) bond motifs is 1. The minimum absolute atomic E-state index is 0.146. The number of nitrogens with zero attached hydrogens (tertiary/aromatic N) is 4. The molecule has 0 aromatic carbocycles. The van der Waals surface area contributed by atoms with Gasteiger partial charge in [0.15, 0.2) is 17.2 Å². The SMILES string of the molecule is CO[C@@H]1[C@H](O)[C@@H](CO)O[C@@]1(C1CC1)n1cnc2c(N)ncnc21. The highest BCUT2D eigenvalue weighted by Crippen LogP contribution is 2.53. The average molecular weight is 321 g/mol. The highest BCUT2D eigenvalue weighted by Gasteiger charge is 2.63. The van der Waals surface area contributed by atoms with Crippen molar-refractivity contribution < 1.29 is 19.7 Å². The van der Waals surface area contributed by atoms with E-state index in [0.717, 1.165) is 12.8 Å². The van der Waals surface area contributed by atoms with Gasteiger partial charge in [-0.25, -0.2) is 15.0 Å². The van der Waals surface area contributed by atoms with Crippen LogP contribution < -0.4 is 5.73 Å². The highest BCUT2D eigenvalue weighted by atomic mass is 16.6. The second-order valence-electron chi connectivity index (χ2n) is 6.06. The van der Waals surface area contributed by atoms with Crippen molar-refractivity contribution in [2.75, 3.05) is 19.5 Å². The maximum Gasteiger partial charge on any atom is 0.179 e. The molecule has 2 aromatic heterocycles. The summed E-state index contributed by atoms with van der Waals surface area (Å²) in [6, 6.07) is 0. The maximum absolute atomic E-state index is 10.5. The van der Waals surface area contributed by atoms with E-state index in [9.17, 15) is 10.2 Å². The van der Waals surface area contributed by atoms with Gasteiger partial charge in [0.2, 0.25) is 0 Å². The Bertz CT molecular complexity index is 733. The third kappa shape index (κ3) is 1.91. The van der Waals surface area contributed by atoms with Crippen LogP contribution in [0.4, 0.5) is 5.82 Å². The van der Waals surface area contributed by atoms with Crippen LogP contribution in [0.15, 0.2) is 12.7 Å². The molecule has 0 unspecified atom stereocenters. The summed E-state index contributed by atoms with van der Waals surface area (Å²) in [5.74, 6) is 0.429. The van der Waals surface area contributed by atoms with Crippen molar-refractivity contribution in [1.29, 1.82) is 0 Å². The number of aliphatic hydroxyl groups is 2. The molecular weight excluding hydrogens is 302 g/mol. The number of methoxy groups -OCH3 is 1. The van der Waals surface area contributed by atoms with Gasteiger partial charge in [0.05, 0.1) is 12.9 Å². The largest absolute Gasteiger partial charge is 0.394 e. The normalized spacial score (nSPS) is 34.3. The van der Waals surface area contributed by atoms with Gasteiger partial charge in [-0.05, 0) is 12.8 Å². The fourth-order valence-corrected chi connectivity index (χ4v) is 3.60. The quantitative estimate of drug-likeness (QED) is 0.670. The molecular formula is C14H19N5O4. The predicted octanol–water partition coefficient (Wildman–Crippen LogP) is -0.762. The summed E-state index contributed by atoms with van der Waals surface area (Å²) in [4.78, 5) is 12.5. The molecule has 1 saturated carbocycles. The lowest BCUT2D eigenvalue weighted by atomic mass is 9.97. The van der Waals surface area contributed by atoms with Crippen LogP contribution in [-0.4, -0.2) is 61.8 Å². The lowest BCUT2D eigenvalue weighted by molar-refractivity contribution is -0.167. The molecule has 1 aliphatic carbocycles. The van der Waals surface area contributed by atoms with Gasteiger partial charge in [-0.3, -0.25) is 4.57 Å². The molecule has 0 radical (unpaired) electrons. The fourth-order valence-electron chi connectivity index (χ4n) is 3.60. The Morgan fingerprint density at radius 2 is 2.22 bits per heavy atom. The minimum atomic E-state index is -0.961. The third-order valence-corrected chi connectivity index (χ3v) is 4.77. The van der Waals surface area contributed by atoms with Crippen LogP contribution in [0.1, 0.15) is 12.8 Å². The van der Waals surface area contributed by atoms with Gasteiger partial charge < -0.3 is 25.4 Å². The number of aromatic nitrogens is 4. The number of hydrogen-bond acceptors (Lipinski definition) is 8. The smallest absolute Gasteiger partial charge is 0.179 e. The summed E-state index contributed by atoms with van der Waals surface area (Å²) in [6.45, 7) is -0.292. The first-order chi connectivity index (χ1) is 11.1. The summed E-state index contributed by atoms with van der Waals surface area (Å²) in [7, 11) is 1.52. The van der Waals surface area contributed by atoms with Crippen molar-refractivity contribution in [2.45, 2.75) is 36.9 Å². The van der Waals surface area contributed by atoms with Crippen molar-refractivity contribution in [3.63, 3.8) is 0 Å². The molecule has 4 N–H and O–H groups in total. The van der Waals surface area contributed by atoms with Crippen LogP contribution in [0.25, 0.3) is 11.2 Å². The molecule has 1 saturated heterocycles. The van der Waals surface area contributed by atoms with Crippen molar-refractivity contribution in [2.24, 2.45) is 5.92 Å². The third-order valence-electron chi connectivity index (χ3n) is 4.77. The average Bonchev–Trinajstić information content (AvgIpc) is 3.24. The molecule has 1 aliphatic heterocycles. The first-order valence-corrected chi connectivity index (χ1v) is 7.57. The monoisotopic (exact) mass is 321 g/mol. The number of nitrogen functional groups attached to an aromatic ring is 1. The summed E-state index contributed by atoms with van der Waals surface area (Å²) < 4.78 is 13.5. The Hall–Kier alpha value is -1.81. The van der Waals surface area contributed by atoms with Gasteiger partial charge in [0, 0.05) is 13.0 Å². The second kappa shape index (κ2) is 5.10. The Kier molecular flexibility index (Phi) is 3.27. The van der Waals surface area contributed by atoms with Crippen LogP contribution in [-0.2, 0) is 15.2 Å².